The van der Waals surface area contributed by atoms with Gasteiger partial charge in [-0.15, -0.1) is 0 Å². The predicted octanol–water partition coefficient (Wildman–Crippen LogP) is 4.16. The summed E-state index contributed by atoms with van der Waals surface area (Å²) in [4.78, 5) is 25.2. The summed E-state index contributed by atoms with van der Waals surface area (Å²) in [6, 6.07) is 7.02. The average Bonchev–Trinajstić information content (AvgIpc) is 3.00. The van der Waals surface area contributed by atoms with Crippen molar-refractivity contribution in [2.24, 2.45) is 0 Å². The number of carbonyl (C=O) groups excluding carboxylic acids is 2. The molecule has 0 unspecified atom stereocenters. The van der Waals surface area contributed by atoms with Crippen molar-refractivity contribution in [2.75, 3.05) is 19.8 Å². The molecule has 28 heavy (non-hydrogen) atoms. The van der Waals surface area contributed by atoms with Crippen LogP contribution in [-0.4, -0.2) is 48.2 Å². The SMILES string of the molecule is CCOC(=O)c1cc2cc(OC3CCOCC3)ccc2n1C(=O)OC(C)(C)C. The molecule has 1 aromatic heterocycles. The van der Waals surface area contributed by atoms with E-state index in [1.54, 1.807) is 45.9 Å². The molecule has 2 heterocycles. The summed E-state index contributed by atoms with van der Waals surface area (Å²) in [6.07, 6.45) is 1.16. The lowest BCUT2D eigenvalue weighted by Crippen LogP contribution is -2.29. The monoisotopic (exact) mass is 389 g/mol. The number of aromatic nitrogens is 1. The Kier molecular flexibility index (Phi) is 5.93. The van der Waals surface area contributed by atoms with Crippen LogP contribution in [0.5, 0.6) is 5.75 Å². The second-order valence-corrected chi connectivity index (χ2v) is 7.72. The van der Waals surface area contributed by atoms with Crippen LogP contribution in [0.15, 0.2) is 24.3 Å². The van der Waals surface area contributed by atoms with Crippen LogP contribution < -0.4 is 4.74 Å². The fourth-order valence-electron chi connectivity index (χ4n) is 3.11. The topological polar surface area (TPSA) is 76.0 Å². The number of carbonyl (C=O) groups is 2. The fourth-order valence-corrected chi connectivity index (χ4v) is 3.11. The zero-order valence-corrected chi connectivity index (χ0v) is 16.8. The zero-order chi connectivity index (χ0) is 20.3. The normalized spacial score (nSPS) is 15.4. The molecule has 2 aromatic rings. The van der Waals surface area contributed by atoms with Gasteiger partial charge >= 0.3 is 12.1 Å². The van der Waals surface area contributed by atoms with Gasteiger partial charge in [0, 0.05) is 18.2 Å². The maximum atomic E-state index is 12.8. The Balaban J connectivity index is 1.97. The minimum atomic E-state index is -0.689. The quantitative estimate of drug-likeness (QED) is 0.731. The highest BCUT2D eigenvalue weighted by atomic mass is 16.6. The summed E-state index contributed by atoms with van der Waals surface area (Å²) in [5.74, 6) is 0.118. The smallest absolute Gasteiger partial charge is 0.419 e. The van der Waals surface area contributed by atoms with Crippen LogP contribution in [0.1, 0.15) is 51.0 Å². The number of rotatable bonds is 4. The maximum Gasteiger partial charge on any atom is 0.419 e. The number of fused-ring (bicyclic) bond motifs is 1. The number of ether oxygens (including phenoxy) is 4. The molecule has 0 radical (unpaired) electrons. The molecule has 152 valence electrons. The van der Waals surface area contributed by atoms with Gasteiger partial charge < -0.3 is 18.9 Å². The number of nitrogens with zero attached hydrogens (tertiary/aromatic N) is 1. The van der Waals surface area contributed by atoms with Crippen molar-refractivity contribution < 1.29 is 28.5 Å². The molecule has 3 rings (SSSR count). The zero-order valence-electron chi connectivity index (χ0n) is 16.8. The Labute approximate surface area is 164 Å². The fraction of sp³-hybridized carbons (Fsp3) is 0.524. The Hall–Kier alpha value is -2.54. The Morgan fingerprint density at radius 2 is 1.89 bits per heavy atom. The maximum absolute atomic E-state index is 12.8. The van der Waals surface area contributed by atoms with Crippen molar-refractivity contribution in [2.45, 2.75) is 52.2 Å². The van der Waals surface area contributed by atoms with E-state index in [2.05, 4.69) is 0 Å². The number of hydrogen-bond donors (Lipinski definition) is 0. The summed E-state index contributed by atoms with van der Waals surface area (Å²) in [6.45, 7) is 8.65. The third-order valence-electron chi connectivity index (χ3n) is 4.30. The van der Waals surface area contributed by atoms with Crippen LogP contribution in [0.2, 0.25) is 0 Å². The molecule has 0 bridgehead atoms. The molecule has 0 aliphatic carbocycles. The van der Waals surface area contributed by atoms with Gasteiger partial charge in [-0.05, 0) is 52.0 Å². The molecular formula is C21H27NO6. The first kappa shape index (κ1) is 20.2. The van der Waals surface area contributed by atoms with E-state index in [1.165, 1.54) is 4.57 Å². The lowest BCUT2D eigenvalue weighted by Gasteiger charge is -2.23. The van der Waals surface area contributed by atoms with E-state index >= 15 is 0 Å². The largest absolute Gasteiger partial charge is 0.490 e. The van der Waals surface area contributed by atoms with Crippen molar-refractivity contribution in [3.8, 4) is 5.75 Å². The molecule has 0 spiro atoms. The van der Waals surface area contributed by atoms with Gasteiger partial charge in [-0.3, -0.25) is 0 Å². The predicted molar refractivity (Wildman–Crippen MR) is 104 cm³/mol. The van der Waals surface area contributed by atoms with Gasteiger partial charge in [0.15, 0.2) is 0 Å². The third kappa shape index (κ3) is 4.65. The number of hydrogen-bond acceptors (Lipinski definition) is 6. The standard InChI is InChI=1S/C21H27NO6/c1-5-26-19(23)18-13-14-12-16(27-15-8-10-25-11-9-15)6-7-17(14)22(18)20(24)28-21(2,3)4/h6-7,12-13,15H,5,8-11H2,1-4H3. The van der Waals surface area contributed by atoms with E-state index in [4.69, 9.17) is 18.9 Å². The van der Waals surface area contributed by atoms with E-state index in [-0.39, 0.29) is 18.4 Å². The first-order valence-electron chi connectivity index (χ1n) is 9.59. The summed E-state index contributed by atoms with van der Waals surface area (Å²) >= 11 is 0. The van der Waals surface area contributed by atoms with Gasteiger partial charge in [-0.25, -0.2) is 14.2 Å². The first-order chi connectivity index (χ1) is 13.3. The second-order valence-electron chi connectivity index (χ2n) is 7.72. The molecule has 7 heteroatoms. The summed E-state index contributed by atoms with van der Waals surface area (Å²) in [5.41, 5.74) is 0.0112. The highest BCUT2D eigenvalue weighted by Gasteiger charge is 2.26. The minimum absolute atomic E-state index is 0.101. The van der Waals surface area contributed by atoms with Crippen LogP contribution in [0.4, 0.5) is 4.79 Å². The molecule has 1 aliphatic rings. The molecule has 0 atom stereocenters. The summed E-state index contributed by atoms with van der Waals surface area (Å²) < 4.78 is 23.3. The number of esters is 1. The summed E-state index contributed by atoms with van der Waals surface area (Å²) in [7, 11) is 0. The van der Waals surface area contributed by atoms with Crippen molar-refractivity contribution in [1.82, 2.24) is 4.57 Å². The minimum Gasteiger partial charge on any atom is -0.490 e. The van der Waals surface area contributed by atoms with E-state index in [0.29, 0.717) is 29.9 Å². The van der Waals surface area contributed by atoms with Crippen LogP contribution in [0.3, 0.4) is 0 Å². The molecular weight excluding hydrogens is 362 g/mol. The van der Waals surface area contributed by atoms with Gasteiger partial charge in [0.2, 0.25) is 0 Å². The Morgan fingerprint density at radius 1 is 1.18 bits per heavy atom. The average molecular weight is 389 g/mol. The molecule has 0 amide bonds. The van der Waals surface area contributed by atoms with E-state index in [1.807, 2.05) is 6.07 Å². The molecule has 0 saturated carbocycles. The van der Waals surface area contributed by atoms with Crippen LogP contribution in [0.25, 0.3) is 10.9 Å². The second kappa shape index (κ2) is 8.22. The van der Waals surface area contributed by atoms with Crippen molar-refractivity contribution in [1.29, 1.82) is 0 Å². The number of benzene rings is 1. The van der Waals surface area contributed by atoms with E-state index in [0.717, 1.165) is 12.8 Å². The molecule has 1 fully saturated rings. The first-order valence-corrected chi connectivity index (χ1v) is 9.59. The molecule has 1 aromatic carbocycles. The van der Waals surface area contributed by atoms with Gasteiger partial charge in [0.1, 0.15) is 23.1 Å². The van der Waals surface area contributed by atoms with Crippen LogP contribution in [-0.2, 0) is 14.2 Å². The van der Waals surface area contributed by atoms with Gasteiger partial charge in [-0.1, -0.05) is 0 Å². The lowest BCUT2D eigenvalue weighted by molar-refractivity contribution is 0.0256. The summed E-state index contributed by atoms with van der Waals surface area (Å²) in [5, 5.41) is 0.707. The molecule has 7 nitrogen and oxygen atoms in total. The highest BCUT2D eigenvalue weighted by Crippen LogP contribution is 2.28. The Bertz CT molecular complexity index is 858. The van der Waals surface area contributed by atoms with Gasteiger partial charge in [0.25, 0.3) is 0 Å². The van der Waals surface area contributed by atoms with Crippen molar-refractivity contribution in [3.63, 3.8) is 0 Å². The lowest BCUT2D eigenvalue weighted by atomic mass is 10.1. The third-order valence-corrected chi connectivity index (χ3v) is 4.30. The van der Waals surface area contributed by atoms with Gasteiger partial charge in [-0.2, -0.15) is 0 Å². The highest BCUT2D eigenvalue weighted by molar-refractivity contribution is 6.01. The van der Waals surface area contributed by atoms with Crippen molar-refractivity contribution in [3.05, 3.63) is 30.0 Å². The van der Waals surface area contributed by atoms with Crippen molar-refractivity contribution >= 4 is 23.0 Å². The molecule has 0 N–H and O–H groups in total. The van der Waals surface area contributed by atoms with Crippen LogP contribution in [0, 0.1) is 0 Å². The van der Waals surface area contributed by atoms with Crippen LogP contribution >= 0.6 is 0 Å². The molecule has 1 aliphatic heterocycles. The Morgan fingerprint density at radius 3 is 2.54 bits per heavy atom. The van der Waals surface area contributed by atoms with Gasteiger partial charge in [0.05, 0.1) is 25.3 Å². The van der Waals surface area contributed by atoms with E-state index in [9.17, 15) is 9.59 Å². The van der Waals surface area contributed by atoms with E-state index < -0.39 is 17.7 Å². The molecule has 1 saturated heterocycles.